The highest BCUT2D eigenvalue weighted by molar-refractivity contribution is 6.13. The van der Waals surface area contributed by atoms with Crippen LogP contribution in [0.2, 0.25) is 0 Å². The van der Waals surface area contributed by atoms with E-state index in [0.717, 1.165) is 16.5 Å². The molecule has 1 aliphatic heterocycles. The second-order valence-corrected chi connectivity index (χ2v) is 6.45. The summed E-state index contributed by atoms with van der Waals surface area (Å²) in [5.41, 5.74) is 1.84. The SMILES string of the molecule is O=C(C[C@@H]1Nc2cccc3cccc(c23)NC1=O)Nc1ccc([N+](=O)[O-])cc1. The highest BCUT2D eigenvalue weighted by Crippen LogP contribution is 2.33. The maximum absolute atomic E-state index is 12.6. The van der Waals surface area contributed by atoms with Crippen molar-refractivity contribution in [2.24, 2.45) is 0 Å². The van der Waals surface area contributed by atoms with Crippen LogP contribution in [0.5, 0.6) is 0 Å². The van der Waals surface area contributed by atoms with E-state index in [0.29, 0.717) is 11.4 Å². The van der Waals surface area contributed by atoms with Crippen LogP contribution in [0.1, 0.15) is 6.42 Å². The zero-order chi connectivity index (χ0) is 19.7. The quantitative estimate of drug-likeness (QED) is 0.476. The lowest BCUT2D eigenvalue weighted by Crippen LogP contribution is -2.36. The topological polar surface area (TPSA) is 113 Å². The minimum absolute atomic E-state index is 0.0614. The molecule has 28 heavy (non-hydrogen) atoms. The van der Waals surface area contributed by atoms with E-state index < -0.39 is 11.0 Å². The molecule has 4 rings (SSSR count). The Kier molecular flexibility index (Phi) is 4.36. The van der Waals surface area contributed by atoms with Crippen LogP contribution >= 0.6 is 0 Å². The first-order chi connectivity index (χ1) is 13.5. The van der Waals surface area contributed by atoms with Crippen LogP contribution < -0.4 is 16.0 Å². The monoisotopic (exact) mass is 376 g/mol. The summed E-state index contributed by atoms with van der Waals surface area (Å²) < 4.78 is 0. The van der Waals surface area contributed by atoms with Crippen LogP contribution in [0.15, 0.2) is 60.7 Å². The standard InChI is InChI=1S/C20H16N4O4/c25-18(21-13-7-9-14(10-8-13)24(27)28)11-17-20(26)23-16-6-2-4-12-3-1-5-15(22-17)19(12)16/h1-10,17,22H,11H2,(H,21,25)(H,23,26)/t17-/m0/s1. The van der Waals surface area contributed by atoms with Crippen LogP contribution in [-0.4, -0.2) is 22.8 Å². The highest BCUT2D eigenvalue weighted by atomic mass is 16.6. The van der Waals surface area contributed by atoms with Crippen LogP contribution in [0.3, 0.4) is 0 Å². The predicted molar refractivity (Wildman–Crippen MR) is 106 cm³/mol. The molecule has 1 heterocycles. The molecule has 1 aliphatic rings. The smallest absolute Gasteiger partial charge is 0.269 e. The lowest BCUT2D eigenvalue weighted by Gasteiger charge is -2.16. The minimum atomic E-state index is -0.754. The van der Waals surface area contributed by atoms with E-state index >= 15 is 0 Å². The fourth-order valence-electron chi connectivity index (χ4n) is 3.25. The molecular weight excluding hydrogens is 360 g/mol. The van der Waals surface area contributed by atoms with Crippen molar-refractivity contribution in [1.82, 2.24) is 0 Å². The van der Waals surface area contributed by atoms with E-state index in [9.17, 15) is 19.7 Å². The summed E-state index contributed by atoms with van der Waals surface area (Å²) in [5, 5.41) is 21.3. The van der Waals surface area contributed by atoms with Crippen molar-refractivity contribution in [3.63, 3.8) is 0 Å². The summed E-state index contributed by atoms with van der Waals surface area (Å²) in [4.78, 5) is 35.2. The van der Waals surface area contributed by atoms with Gasteiger partial charge in [0.2, 0.25) is 11.8 Å². The van der Waals surface area contributed by atoms with Crippen LogP contribution in [0, 0.1) is 10.1 Å². The van der Waals surface area contributed by atoms with Gasteiger partial charge in [0.15, 0.2) is 0 Å². The predicted octanol–water partition coefficient (Wildman–Crippen LogP) is 3.51. The van der Waals surface area contributed by atoms with Gasteiger partial charge in [0.05, 0.1) is 17.0 Å². The van der Waals surface area contributed by atoms with Crippen LogP contribution in [0.25, 0.3) is 10.8 Å². The normalized spacial score (nSPS) is 15.3. The molecule has 3 aromatic carbocycles. The van der Waals surface area contributed by atoms with Crippen molar-refractivity contribution >= 4 is 45.3 Å². The van der Waals surface area contributed by atoms with Gasteiger partial charge in [-0.15, -0.1) is 0 Å². The first kappa shape index (κ1) is 17.5. The summed E-state index contributed by atoms with van der Waals surface area (Å²) in [6, 6.07) is 16.1. The highest BCUT2D eigenvalue weighted by Gasteiger charge is 2.26. The number of non-ortho nitro benzene ring substituents is 1. The molecule has 0 fully saturated rings. The van der Waals surface area contributed by atoms with Crippen LogP contribution in [0.4, 0.5) is 22.7 Å². The van der Waals surface area contributed by atoms with Gasteiger partial charge in [-0.05, 0) is 29.7 Å². The van der Waals surface area contributed by atoms with Crippen molar-refractivity contribution in [1.29, 1.82) is 0 Å². The molecule has 0 bridgehead atoms. The number of hydrogen-bond donors (Lipinski definition) is 3. The van der Waals surface area contributed by atoms with E-state index in [4.69, 9.17) is 0 Å². The van der Waals surface area contributed by atoms with Crippen molar-refractivity contribution in [2.45, 2.75) is 12.5 Å². The first-order valence-electron chi connectivity index (χ1n) is 8.65. The molecule has 0 spiro atoms. The number of rotatable bonds is 4. The van der Waals surface area contributed by atoms with Gasteiger partial charge < -0.3 is 16.0 Å². The third-order valence-electron chi connectivity index (χ3n) is 4.56. The summed E-state index contributed by atoms with van der Waals surface area (Å²) in [6.07, 6.45) is -0.0901. The van der Waals surface area contributed by atoms with Crippen LogP contribution in [-0.2, 0) is 9.59 Å². The number of nitrogens with one attached hydrogen (secondary N) is 3. The van der Waals surface area contributed by atoms with Gasteiger partial charge in [0, 0.05) is 28.9 Å². The Morgan fingerprint density at radius 3 is 2.39 bits per heavy atom. The van der Waals surface area contributed by atoms with E-state index in [1.807, 2.05) is 36.4 Å². The summed E-state index contributed by atoms with van der Waals surface area (Å²) >= 11 is 0. The van der Waals surface area contributed by atoms with Crippen molar-refractivity contribution in [3.05, 3.63) is 70.8 Å². The van der Waals surface area contributed by atoms with Gasteiger partial charge in [-0.2, -0.15) is 0 Å². The van der Waals surface area contributed by atoms with E-state index in [2.05, 4.69) is 16.0 Å². The molecule has 0 aromatic heterocycles. The molecule has 0 saturated carbocycles. The maximum atomic E-state index is 12.6. The average molecular weight is 376 g/mol. The number of carbonyl (C=O) groups excluding carboxylic acids is 2. The fraction of sp³-hybridized carbons (Fsp3) is 0.100. The molecule has 8 nitrogen and oxygen atoms in total. The van der Waals surface area contributed by atoms with E-state index in [-0.39, 0.29) is 23.9 Å². The zero-order valence-corrected chi connectivity index (χ0v) is 14.6. The molecular formula is C20H16N4O4. The average Bonchev–Trinajstić information content (AvgIpc) is 2.80. The second kappa shape index (κ2) is 6.99. The van der Waals surface area contributed by atoms with Gasteiger partial charge in [0.25, 0.3) is 5.69 Å². The largest absolute Gasteiger partial charge is 0.373 e. The Balaban J connectivity index is 1.51. The van der Waals surface area contributed by atoms with E-state index in [1.54, 1.807) is 0 Å². The Hall–Kier alpha value is -3.94. The zero-order valence-electron chi connectivity index (χ0n) is 14.6. The summed E-state index contributed by atoms with van der Waals surface area (Å²) in [7, 11) is 0. The maximum Gasteiger partial charge on any atom is 0.269 e. The Labute approximate surface area is 159 Å². The summed E-state index contributed by atoms with van der Waals surface area (Å²) in [5.74, 6) is -0.679. The van der Waals surface area contributed by atoms with Crippen molar-refractivity contribution in [2.75, 3.05) is 16.0 Å². The Morgan fingerprint density at radius 2 is 1.71 bits per heavy atom. The van der Waals surface area contributed by atoms with E-state index in [1.165, 1.54) is 24.3 Å². The van der Waals surface area contributed by atoms with Gasteiger partial charge >= 0.3 is 0 Å². The number of nitro groups is 1. The molecule has 0 unspecified atom stereocenters. The van der Waals surface area contributed by atoms with Gasteiger partial charge in [-0.3, -0.25) is 19.7 Å². The number of hydrogen-bond acceptors (Lipinski definition) is 5. The van der Waals surface area contributed by atoms with Crippen molar-refractivity contribution in [3.8, 4) is 0 Å². The first-order valence-corrected chi connectivity index (χ1v) is 8.65. The Bertz CT molecular complexity index is 1090. The third-order valence-corrected chi connectivity index (χ3v) is 4.56. The van der Waals surface area contributed by atoms with Gasteiger partial charge in [-0.25, -0.2) is 0 Å². The molecule has 0 aliphatic carbocycles. The molecule has 3 N–H and O–H groups in total. The second-order valence-electron chi connectivity index (χ2n) is 6.45. The molecule has 140 valence electrons. The number of carbonyl (C=O) groups is 2. The molecule has 0 radical (unpaired) electrons. The summed E-state index contributed by atoms with van der Waals surface area (Å²) in [6.45, 7) is 0. The van der Waals surface area contributed by atoms with Gasteiger partial charge in [-0.1, -0.05) is 24.3 Å². The number of anilines is 3. The fourth-order valence-corrected chi connectivity index (χ4v) is 3.25. The van der Waals surface area contributed by atoms with Gasteiger partial charge in [0.1, 0.15) is 6.04 Å². The lowest BCUT2D eigenvalue weighted by molar-refractivity contribution is -0.384. The molecule has 8 heteroatoms. The molecule has 0 saturated heterocycles. The minimum Gasteiger partial charge on any atom is -0.373 e. The third kappa shape index (κ3) is 3.35. The number of nitro benzene ring substituents is 1. The number of benzene rings is 3. The number of nitrogens with zero attached hydrogens (tertiary/aromatic N) is 1. The molecule has 3 aromatic rings. The Morgan fingerprint density at radius 1 is 1.04 bits per heavy atom. The molecule has 1 atom stereocenters. The van der Waals surface area contributed by atoms with Crippen molar-refractivity contribution < 1.29 is 14.5 Å². The molecule has 2 amide bonds. The number of amides is 2. The lowest BCUT2D eigenvalue weighted by atomic mass is 10.1.